The molecule has 1 aromatic rings. The van der Waals surface area contributed by atoms with Crippen molar-refractivity contribution in [2.75, 3.05) is 7.11 Å². The van der Waals surface area contributed by atoms with Gasteiger partial charge in [-0.2, -0.15) is 4.40 Å². The van der Waals surface area contributed by atoms with Crippen molar-refractivity contribution < 1.29 is 13.3 Å². The number of hydrogen-bond donors (Lipinski definition) is 0. The summed E-state index contributed by atoms with van der Waals surface area (Å²) in [5.74, 6) is -0.241. The van der Waals surface area contributed by atoms with Gasteiger partial charge in [0.05, 0.1) is 29.8 Å². The fourth-order valence-electron chi connectivity index (χ4n) is 0.968. The van der Waals surface area contributed by atoms with Gasteiger partial charge in [-0.25, -0.2) is 13.6 Å². The van der Waals surface area contributed by atoms with E-state index in [0.29, 0.717) is 5.56 Å². The molecule has 0 aliphatic carbocycles. The van der Waals surface area contributed by atoms with Crippen LogP contribution >= 0.6 is 0 Å². The lowest BCUT2D eigenvalue weighted by Gasteiger charge is -2.12. The number of halogens is 1. The molecule has 94 valence electrons. The molecule has 4 nitrogen and oxygen atoms in total. The molecule has 0 aromatic carbocycles. The van der Waals surface area contributed by atoms with E-state index < -0.39 is 21.5 Å². The third-order valence-electron chi connectivity index (χ3n) is 1.85. The number of aromatic nitrogens is 1. The Labute approximate surface area is 103 Å². The zero-order chi connectivity index (χ0) is 13.1. The van der Waals surface area contributed by atoms with Crippen molar-refractivity contribution in [3.8, 4) is 5.88 Å². The van der Waals surface area contributed by atoms with Crippen LogP contribution in [0.4, 0.5) is 4.39 Å². The Morgan fingerprint density at radius 2 is 2.18 bits per heavy atom. The smallest absolute Gasteiger partial charge is 0.222 e. The molecule has 0 aliphatic rings. The van der Waals surface area contributed by atoms with Crippen molar-refractivity contribution in [2.24, 2.45) is 4.40 Å². The van der Waals surface area contributed by atoms with Crippen LogP contribution in [0.5, 0.6) is 5.88 Å². The zero-order valence-electron chi connectivity index (χ0n) is 10.2. The van der Waals surface area contributed by atoms with Gasteiger partial charge in [-0.05, 0) is 26.8 Å². The summed E-state index contributed by atoms with van der Waals surface area (Å²) in [6.45, 7) is 5.42. The monoisotopic (exact) mass is 258 g/mol. The quantitative estimate of drug-likeness (QED) is 0.780. The van der Waals surface area contributed by atoms with Gasteiger partial charge in [0, 0.05) is 0 Å². The highest BCUT2D eigenvalue weighted by atomic mass is 32.2. The maximum Gasteiger partial charge on any atom is 0.222 e. The van der Waals surface area contributed by atoms with Crippen LogP contribution in [-0.2, 0) is 11.0 Å². The lowest BCUT2D eigenvalue weighted by atomic mass is 10.3. The summed E-state index contributed by atoms with van der Waals surface area (Å²) in [5.41, 5.74) is 0.366. The summed E-state index contributed by atoms with van der Waals surface area (Å²) < 4.78 is 33.0. The molecule has 6 heteroatoms. The second-order valence-corrected chi connectivity index (χ2v) is 6.28. The van der Waals surface area contributed by atoms with Crippen LogP contribution in [0.1, 0.15) is 26.3 Å². The minimum absolute atomic E-state index is 0.251. The lowest BCUT2D eigenvalue weighted by Crippen LogP contribution is -2.19. The maximum atomic E-state index is 13.0. The van der Waals surface area contributed by atoms with Crippen molar-refractivity contribution >= 4 is 17.2 Å². The summed E-state index contributed by atoms with van der Waals surface area (Å²) in [4.78, 5) is 3.75. The van der Waals surface area contributed by atoms with Crippen LogP contribution in [0.3, 0.4) is 0 Å². The van der Waals surface area contributed by atoms with E-state index in [0.717, 1.165) is 6.20 Å². The second-order valence-electron chi connectivity index (χ2n) is 4.35. The fraction of sp³-hybridized carbons (Fsp3) is 0.455. The van der Waals surface area contributed by atoms with Crippen LogP contribution < -0.4 is 4.74 Å². The molecular weight excluding hydrogens is 243 g/mol. The Balaban J connectivity index is 2.98. The highest BCUT2D eigenvalue weighted by Gasteiger charge is 2.18. The first kappa shape index (κ1) is 13.8. The van der Waals surface area contributed by atoms with Crippen molar-refractivity contribution in [1.29, 1.82) is 0 Å². The molecule has 0 bridgehead atoms. The molecular formula is C11H15FN2O2S. The molecule has 0 saturated heterocycles. The van der Waals surface area contributed by atoms with E-state index in [-0.39, 0.29) is 5.88 Å². The predicted molar refractivity (Wildman–Crippen MR) is 66.2 cm³/mol. The van der Waals surface area contributed by atoms with Gasteiger partial charge in [-0.15, -0.1) is 0 Å². The van der Waals surface area contributed by atoms with E-state index in [2.05, 4.69) is 9.38 Å². The first-order valence-electron chi connectivity index (χ1n) is 5.00. The van der Waals surface area contributed by atoms with Gasteiger partial charge in [0.25, 0.3) is 0 Å². The van der Waals surface area contributed by atoms with Gasteiger partial charge >= 0.3 is 0 Å². The molecule has 1 unspecified atom stereocenters. The maximum absolute atomic E-state index is 13.0. The molecule has 0 saturated carbocycles. The van der Waals surface area contributed by atoms with E-state index in [1.807, 2.05) is 20.8 Å². The van der Waals surface area contributed by atoms with Gasteiger partial charge in [0.2, 0.25) is 5.88 Å². The van der Waals surface area contributed by atoms with Gasteiger partial charge in [-0.3, -0.25) is 0 Å². The van der Waals surface area contributed by atoms with Crippen LogP contribution in [0.25, 0.3) is 0 Å². The van der Waals surface area contributed by atoms with Gasteiger partial charge in [0.1, 0.15) is 16.8 Å². The fourth-order valence-corrected chi connectivity index (χ4v) is 1.49. The molecule has 0 radical (unpaired) electrons. The Morgan fingerprint density at radius 1 is 1.53 bits per heavy atom. The molecule has 1 rings (SSSR count). The molecule has 0 aliphatic heterocycles. The van der Waals surface area contributed by atoms with Crippen LogP contribution in [0.15, 0.2) is 16.7 Å². The second kappa shape index (κ2) is 5.35. The largest absolute Gasteiger partial charge is 0.481 e. The summed E-state index contributed by atoms with van der Waals surface area (Å²) in [5, 5.41) is 0. The zero-order valence-corrected chi connectivity index (χ0v) is 11.0. The molecule has 17 heavy (non-hydrogen) atoms. The molecule has 0 spiro atoms. The number of methoxy groups -OCH3 is 1. The molecule has 1 heterocycles. The molecule has 1 atom stereocenters. The number of hydrogen-bond acceptors (Lipinski definition) is 3. The van der Waals surface area contributed by atoms with Crippen molar-refractivity contribution in [1.82, 2.24) is 4.98 Å². The van der Waals surface area contributed by atoms with Crippen molar-refractivity contribution in [3.05, 3.63) is 23.6 Å². The third-order valence-corrected chi connectivity index (χ3v) is 3.19. The number of nitrogens with zero attached hydrogens (tertiary/aromatic N) is 2. The standard InChI is InChI=1S/C11H15FN2O2S/c1-11(2,3)17(15)14-6-8-5-9(12)7-13-10(8)16-4/h5-7H,1-4H3/b14-6+. The van der Waals surface area contributed by atoms with Gasteiger partial charge in [-0.1, -0.05) is 0 Å². The Bertz CT molecular complexity index is 455. The average molecular weight is 258 g/mol. The summed E-state index contributed by atoms with van der Waals surface area (Å²) in [6, 6.07) is 1.23. The van der Waals surface area contributed by atoms with Crippen LogP contribution in [0, 0.1) is 5.82 Å². The number of ether oxygens (including phenoxy) is 1. The number of pyridine rings is 1. The Kier molecular flexibility index (Phi) is 4.34. The lowest BCUT2D eigenvalue weighted by molar-refractivity contribution is 0.395. The minimum Gasteiger partial charge on any atom is -0.481 e. The molecule has 0 N–H and O–H groups in total. The van der Waals surface area contributed by atoms with E-state index in [9.17, 15) is 8.60 Å². The van der Waals surface area contributed by atoms with Crippen LogP contribution in [0.2, 0.25) is 0 Å². The molecule has 0 fully saturated rings. The average Bonchev–Trinajstić information content (AvgIpc) is 2.24. The topological polar surface area (TPSA) is 51.6 Å². The molecule has 1 aromatic heterocycles. The SMILES string of the molecule is COc1ncc(F)cc1/C=N/S(=O)C(C)(C)C. The first-order chi connectivity index (χ1) is 7.84. The summed E-state index contributed by atoms with van der Waals surface area (Å²) >= 11 is 0. The van der Waals surface area contributed by atoms with E-state index in [4.69, 9.17) is 4.74 Å². The Hall–Kier alpha value is -1.30. The normalized spacial score (nSPS) is 13.9. The molecule has 0 amide bonds. The van der Waals surface area contributed by atoms with E-state index in [1.165, 1.54) is 19.4 Å². The van der Waals surface area contributed by atoms with E-state index in [1.54, 1.807) is 0 Å². The minimum atomic E-state index is -1.39. The predicted octanol–water partition coefficient (Wildman–Crippen LogP) is 2.11. The van der Waals surface area contributed by atoms with Crippen molar-refractivity contribution in [2.45, 2.75) is 25.5 Å². The van der Waals surface area contributed by atoms with E-state index >= 15 is 0 Å². The van der Waals surface area contributed by atoms with Gasteiger partial charge in [0.15, 0.2) is 0 Å². The van der Waals surface area contributed by atoms with Gasteiger partial charge < -0.3 is 4.74 Å². The van der Waals surface area contributed by atoms with Crippen LogP contribution in [-0.4, -0.2) is 27.3 Å². The highest BCUT2D eigenvalue weighted by Crippen LogP contribution is 2.16. The number of rotatable bonds is 3. The third kappa shape index (κ3) is 3.89. The highest BCUT2D eigenvalue weighted by molar-refractivity contribution is 7.85. The summed E-state index contributed by atoms with van der Waals surface area (Å²) in [7, 11) is 0.0378. The van der Waals surface area contributed by atoms with Crippen molar-refractivity contribution in [3.63, 3.8) is 0 Å². The Morgan fingerprint density at radius 3 is 2.71 bits per heavy atom. The summed E-state index contributed by atoms with van der Waals surface area (Å²) in [6.07, 6.45) is 2.37. The first-order valence-corrected chi connectivity index (χ1v) is 6.11.